The van der Waals surface area contributed by atoms with E-state index in [1.54, 1.807) is 17.9 Å². The fourth-order valence-corrected chi connectivity index (χ4v) is 2.40. The van der Waals surface area contributed by atoms with E-state index in [9.17, 15) is 9.59 Å². The zero-order valence-electron chi connectivity index (χ0n) is 12.4. The number of fused-ring (bicyclic) bond motifs is 1. The van der Waals surface area contributed by atoms with Gasteiger partial charge >= 0.3 is 5.69 Å². The molecule has 3 aromatic rings. The van der Waals surface area contributed by atoms with Crippen LogP contribution < -0.4 is 11.2 Å². The summed E-state index contributed by atoms with van der Waals surface area (Å²) in [5, 5.41) is 0. The molecule has 22 heavy (non-hydrogen) atoms. The number of benzene rings is 1. The Morgan fingerprint density at radius 3 is 2.55 bits per heavy atom. The van der Waals surface area contributed by atoms with Crippen molar-refractivity contribution in [3.05, 3.63) is 69.1 Å². The molecule has 0 aliphatic heterocycles. The van der Waals surface area contributed by atoms with E-state index < -0.39 is 0 Å². The van der Waals surface area contributed by atoms with Gasteiger partial charge in [-0.1, -0.05) is 42.5 Å². The van der Waals surface area contributed by atoms with E-state index in [0.717, 1.165) is 10.1 Å². The molecule has 2 heterocycles. The molecule has 0 bridgehead atoms. The van der Waals surface area contributed by atoms with Gasteiger partial charge in [0, 0.05) is 20.6 Å². The van der Waals surface area contributed by atoms with Crippen molar-refractivity contribution in [1.29, 1.82) is 0 Å². The average Bonchev–Trinajstić information content (AvgIpc) is 2.96. The quantitative estimate of drug-likeness (QED) is 0.728. The summed E-state index contributed by atoms with van der Waals surface area (Å²) in [6.07, 6.45) is 5.53. The lowest BCUT2D eigenvalue weighted by molar-refractivity contribution is 0.703. The molecule has 0 amide bonds. The van der Waals surface area contributed by atoms with Gasteiger partial charge in [-0.3, -0.25) is 13.9 Å². The normalized spacial score (nSPS) is 11.5. The Balaban J connectivity index is 2.01. The van der Waals surface area contributed by atoms with Gasteiger partial charge in [-0.05, 0) is 5.56 Å². The van der Waals surface area contributed by atoms with Gasteiger partial charge in [0.15, 0.2) is 11.2 Å². The molecule has 6 nitrogen and oxygen atoms in total. The number of nitrogens with zero attached hydrogens (tertiary/aromatic N) is 4. The first-order valence-electron chi connectivity index (χ1n) is 6.92. The van der Waals surface area contributed by atoms with E-state index in [1.165, 1.54) is 11.6 Å². The molecule has 0 spiro atoms. The summed E-state index contributed by atoms with van der Waals surface area (Å²) >= 11 is 0. The first-order valence-corrected chi connectivity index (χ1v) is 6.92. The Morgan fingerprint density at radius 2 is 1.82 bits per heavy atom. The van der Waals surface area contributed by atoms with Gasteiger partial charge in [0.2, 0.25) is 0 Å². The third-order valence-corrected chi connectivity index (χ3v) is 3.63. The SMILES string of the molecule is Cn1c(=O)c2c(ncn2C/C=C/c2ccccc2)n(C)c1=O. The Bertz CT molecular complexity index is 961. The van der Waals surface area contributed by atoms with Crippen LogP contribution in [-0.4, -0.2) is 18.7 Å². The number of imidazole rings is 1. The lowest BCUT2D eigenvalue weighted by atomic mass is 10.2. The fraction of sp³-hybridized carbons (Fsp3) is 0.188. The Kier molecular flexibility index (Phi) is 3.50. The molecule has 0 N–H and O–H groups in total. The van der Waals surface area contributed by atoms with Crippen molar-refractivity contribution in [2.24, 2.45) is 14.1 Å². The first kappa shape index (κ1) is 14.1. The molecule has 3 rings (SSSR count). The van der Waals surface area contributed by atoms with Crippen molar-refractivity contribution in [3.8, 4) is 0 Å². The number of hydrogen-bond acceptors (Lipinski definition) is 3. The monoisotopic (exact) mass is 296 g/mol. The van der Waals surface area contributed by atoms with Crippen LogP contribution in [0.3, 0.4) is 0 Å². The summed E-state index contributed by atoms with van der Waals surface area (Å²) in [6, 6.07) is 9.91. The second-order valence-electron chi connectivity index (χ2n) is 5.09. The summed E-state index contributed by atoms with van der Waals surface area (Å²) in [7, 11) is 3.09. The van der Waals surface area contributed by atoms with Gasteiger partial charge in [-0.2, -0.15) is 0 Å². The average molecular weight is 296 g/mol. The van der Waals surface area contributed by atoms with E-state index >= 15 is 0 Å². The summed E-state index contributed by atoms with van der Waals surface area (Å²) in [6.45, 7) is 0.513. The highest BCUT2D eigenvalue weighted by molar-refractivity contribution is 5.70. The summed E-state index contributed by atoms with van der Waals surface area (Å²) < 4.78 is 4.23. The van der Waals surface area contributed by atoms with Crippen molar-refractivity contribution >= 4 is 17.2 Å². The van der Waals surface area contributed by atoms with Gasteiger partial charge in [-0.25, -0.2) is 9.78 Å². The predicted molar refractivity (Wildman–Crippen MR) is 85.7 cm³/mol. The second-order valence-corrected chi connectivity index (χ2v) is 5.09. The van der Waals surface area contributed by atoms with Crippen LogP contribution in [0.1, 0.15) is 5.56 Å². The number of allylic oxidation sites excluding steroid dienone is 1. The minimum Gasteiger partial charge on any atom is -0.321 e. The molecule has 0 aliphatic carbocycles. The minimum atomic E-state index is -0.373. The van der Waals surface area contributed by atoms with Crippen molar-refractivity contribution in [2.45, 2.75) is 6.54 Å². The topological polar surface area (TPSA) is 61.8 Å². The highest BCUT2D eigenvalue weighted by atomic mass is 16.2. The van der Waals surface area contributed by atoms with Crippen LogP contribution in [0.4, 0.5) is 0 Å². The molecule has 0 unspecified atom stereocenters. The van der Waals surface area contributed by atoms with E-state index in [4.69, 9.17) is 0 Å². The van der Waals surface area contributed by atoms with Crippen LogP contribution in [0.25, 0.3) is 17.2 Å². The maximum Gasteiger partial charge on any atom is 0.332 e. The second kappa shape index (κ2) is 5.48. The fourth-order valence-electron chi connectivity index (χ4n) is 2.40. The molecule has 1 aromatic carbocycles. The van der Waals surface area contributed by atoms with Crippen LogP contribution in [0.2, 0.25) is 0 Å². The molecule has 0 radical (unpaired) electrons. The maximum absolute atomic E-state index is 12.3. The van der Waals surface area contributed by atoms with Crippen LogP contribution in [0.15, 0.2) is 52.3 Å². The number of hydrogen-bond donors (Lipinski definition) is 0. The van der Waals surface area contributed by atoms with Crippen molar-refractivity contribution in [3.63, 3.8) is 0 Å². The highest BCUT2D eigenvalue weighted by Crippen LogP contribution is 2.07. The first-order chi connectivity index (χ1) is 10.6. The third-order valence-electron chi connectivity index (χ3n) is 3.63. The van der Waals surface area contributed by atoms with E-state index in [1.807, 2.05) is 42.5 Å². The zero-order chi connectivity index (χ0) is 15.7. The van der Waals surface area contributed by atoms with Crippen molar-refractivity contribution < 1.29 is 0 Å². The molecular weight excluding hydrogens is 280 g/mol. The number of rotatable bonds is 3. The molecule has 2 aromatic heterocycles. The van der Waals surface area contributed by atoms with Crippen LogP contribution in [0.5, 0.6) is 0 Å². The zero-order valence-corrected chi connectivity index (χ0v) is 12.4. The molecule has 0 fully saturated rings. The molecule has 112 valence electrons. The smallest absolute Gasteiger partial charge is 0.321 e. The molecule has 0 saturated heterocycles. The molecule has 0 saturated carbocycles. The van der Waals surface area contributed by atoms with Gasteiger partial charge in [0.05, 0.1) is 6.33 Å². The lowest BCUT2D eigenvalue weighted by Gasteiger charge is -2.04. The van der Waals surface area contributed by atoms with Gasteiger partial charge in [0.25, 0.3) is 5.56 Å². The van der Waals surface area contributed by atoms with Gasteiger partial charge in [0.1, 0.15) is 0 Å². The summed E-state index contributed by atoms with van der Waals surface area (Å²) in [4.78, 5) is 28.3. The Labute approximate surface area is 126 Å². The standard InChI is InChI=1S/C16H16N4O2/c1-18-14-13(15(21)19(2)16(18)22)20(11-17-14)10-6-9-12-7-4-3-5-8-12/h3-9,11H,10H2,1-2H3/b9-6+. The molecule has 0 aliphatic rings. The lowest BCUT2D eigenvalue weighted by Crippen LogP contribution is -2.37. The molecule has 0 atom stereocenters. The largest absolute Gasteiger partial charge is 0.332 e. The van der Waals surface area contributed by atoms with E-state index in [0.29, 0.717) is 17.7 Å². The van der Waals surface area contributed by atoms with Crippen LogP contribution in [-0.2, 0) is 20.6 Å². The summed E-state index contributed by atoms with van der Waals surface area (Å²) in [5.41, 5.74) is 1.22. The third kappa shape index (κ3) is 2.28. The van der Waals surface area contributed by atoms with Crippen LogP contribution in [0, 0.1) is 0 Å². The van der Waals surface area contributed by atoms with Gasteiger partial charge < -0.3 is 4.57 Å². The molecule has 6 heteroatoms. The number of aryl methyl sites for hydroxylation is 1. The maximum atomic E-state index is 12.3. The number of aromatic nitrogens is 4. The van der Waals surface area contributed by atoms with E-state index in [-0.39, 0.29) is 11.2 Å². The minimum absolute atomic E-state index is 0.330. The summed E-state index contributed by atoms with van der Waals surface area (Å²) in [5.74, 6) is 0. The Morgan fingerprint density at radius 1 is 1.09 bits per heavy atom. The van der Waals surface area contributed by atoms with E-state index in [2.05, 4.69) is 4.98 Å². The van der Waals surface area contributed by atoms with Crippen molar-refractivity contribution in [2.75, 3.05) is 0 Å². The van der Waals surface area contributed by atoms with Crippen molar-refractivity contribution in [1.82, 2.24) is 18.7 Å². The molecular formula is C16H16N4O2. The predicted octanol–water partition coefficient (Wildman–Crippen LogP) is 1.15. The highest BCUT2D eigenvalue weighted by Gasteiger charge is 2.13. The van der Waals surface area contributed by atoms with Crippen LogP contribution >= 0.6 is 0 Å². The van der Waals surface area contributed by atoms with Gasteiger partial charge in [-0.15, -0.1) is 0 Å². The Hall–Kier alpha value is -2.89.